The zero-order chi connectivity index (χ0) is 20.2. The lowest BCUT2D eigenvalue weighted by Gasteiger charge is -2.17. The highest BCUT2D eigenvalue weighted by molar-refractivity contribution is 8.00. The number of nitrogens with zero attached hydrogens (tertiary/aromatic N) is 2. The smallest absolute Gasteiger partial charge is 0.269 e. The first-order valence-electron chi connectivity index (χ1n) is 7.86. The number of carbonyl (C=O) groups is 1. The van der Waals surface area contributed by atoms with Crippen molar-refractivity contribution in [2.45, 2.75) is 22.0 Å². The van der Waals surface area contributed by atoms with E-state index in [4.69, 9.17) is 0 Å². The van der Waals surface area contributed by atoms with Gasteiger partial charge in [0.1, 0.15) is 4.90 Å². The number of nitro benzene ring substituents is 1. The lowest BCUT2D eigenvalue weighted by molar-refractivity contribution is -0.384. The van der Waals surface area contributed by atoms with Crippen molar-refractivity contribution in [3.05, 3.63) is 58.6 Å². The maximum atomic E-state index is 12.5. The summed E-state index contributed by atoms with van der Waals surface area (Å²) >= 11 is 1.22. The van der Waals surface area contributed by atoms with Gasteiger partial charge in [0.15, 0.2) is 0 Å². The maximum absolute atomic E-state index is 12.5. The van der Waals surface area contributed by atoms with E-state index in [2.05, 4.69) is 5.32 Å². The molecule has 2 aromatic carbocycles. The average Bonchev–Trinajstić information content (AvgIpc) is 2.62. The first-order chi connectivity index (χ1) is 12.6. The highest BCUT2D eigenvalue weighted by atomic mass is 32.2. The quantitative estimate of drug-likeness (QED) is 0.428. The van der Waals surface area contributed by atoms with Crippen molar-refractivity contribution in [3.8, 4) is 0 Å². The third kappa shape index (κ3) is 5.06. The molecule has 10 heteroatoms. The Hall–Kier alpha value is -2.43. The number of para-hydroxylation sites is 1. The molecular formula is C17H19N3O5S2. The third-order valence-electron chi connectivity index (χ3n) is 3.63. The van der Waals surface area contributed by atoms with Crippen LogP contribution in [0.15, 0.2) is 58.3 Å². The van der Waals surface area contributed by atoms with Gasteiger partial charge in [0, 0.05) is 31.1 Å². The van der Waals surface area contributed by atoms with E-state index in [1.165, 1.54) is 50.1 Å². The Balaban J connectivity index is 2.14. The van der Waals surface area contributed by atoms with Crippen molar-refractivity contribution in [1.29, 1.82) is 0 Å². The number of anilines is 1. The van der Waals surface area contributed by atoms with Crippen molar-refractivity contribution in [2.24, 2.45) is 0 Å². The number of amides is 1. The van der Waals surface area contributed by atoms with E-state index in [1.807, 2.05) is 0 Å². The molecule has 0 saturated carbocycles. The van der Waals surface area contributed by atoms with Crippen molar-refractivity contribution >= 4 is 39.1 Å². The molecule has 0 aliphatic rings. The summed E-state index contributed by atoms with van der Waals surface area (Å²) < 4.78 is 25.9. The van der Waals surface area contributed by atoms with Gasteiger partial charge in [-0.1, -0.05) is 12.1 Å². The van der Waals surface area contributed by atoms with E-state index < -0.39 is 20.2 Å². The molecule has 1 N–H and O–H groups in total. The predicted octanol–water partition coefficient (Wildman–Crippen LogP) is 2.96. The van der Waals surface area contributed by atoms with Crippen LogP contribution in [0.4, 0.5) is 11.4 Å². The highest BCUT2D eigenvalue weighted by Crippen LogP contribution is 2.28. The monoisotopic (exact) mass is 409 g/mol. The number of hydrogen-bond acceptors (Lipinski definition) is 6. The second-order valence-corrected chi connectivity index (χ2v) is 9.32. The number of carbonyl (C=O) groups excluding carboxylic acids is 1. The van der Waals surface area contributed by atoms with Crippen LogP contribution in [0.5, 0.6) is 0 Å². The largest absolute Gasteiger partial charge is 0.324 e. The van der Waals surface area contributed by atoms with Gasteiger partial charge in [-0.25, -0.2) is 12.7 Å². The van der Waals surface area contributed by atoms with Crippen molar-refractivity contribution < 1.29 is 18.1 Å². The van der Waals surface area contributed by atoms with Gasteiger partial charge in [-0.3, -0.25) is 14.9 Å². The van der Waals surface area contributed by atoms with E-state index in [0.29, 0.717) is 4.90 Å². The van der Waals surface area contributed by atoms with E-state index in [9.17, 15) is 23.3 Å². The van der Waals surface area contributed by atoms with Crippen LogP contribution in [0.25, 0.3) is 0 Å². The van der Waals surface area contributed by atoms with Gasteiger partial charge < -0.3 is 5.32 Å². The summed E-state index contributed by atoms with van der Waals surface area (Å²) in [6.07, 6.45) is 0. The molecule has 2 aromatic rings. The lowest BCUT2D eigenvalue weighted by Crippen LogP contribution is -2.26. The maximum Gasteiger partial charge on any atom is 0.269 e. The van der Waals surface area contributed by atoms with Crippen LogP contribution in [0.2, 0.25) is 0 Å². The molecule has 2 rings (SSSR count). The molecule has 144 valence electrons. The van der Waals surface area contributed by atoms with Gasteiger partial charge >= 0.3 is 0 Å². The second-order valence-electron chi connectivity index (χ2n) is 5.78. The molecule has 27 heavy (non-hydrogen) atoms. The van der Waals surface area contributed by atoms with Crippen LogP contribution in [-0.2, 0) is 14.8 Å². The molecule has 0 heterocycles. The Morgan fingerprint density at radius 3 is 2.30 bits per heavy atom. The van der Waals surface area contributed by atoms with Crippen molar-refractivity contribution in [1.82, 2.24) is 4.31 Å². The fourth-order valence-electron chi connectivity index (χ4n) is 2.13. The van der Waals surface area contributed by atoms with Gasteiger partial charge in [0.25, 0.3) is 5.69 Å². The summed E-state index contributed by atoms with van der Waals surface area (Å²) in [5.41, 5.74) is 0.173. The molecule has 0 fully saturated rings. The number of non-ortho nitro benzene ring substituents is 1. The first-order valence-corrected chi connectivity index (χ1v) is 10.2. The Bertz CT molecular complexity index is 943. The van der Waals surface area contributed by atoms with Gasteiger partial charge in [-0.2, -0.15) is 0 Å². The molecule has 0 spiro atoms. The number of nitro groups is 1. The standard InChI is InChI=1S/C17H19N3O5S2/c1-12(26-14-10-8-13(9-11-14)20(22)23)17(21)18-15-6-4-5-7-16(15)27(24,25)19(2)3/h4-12H,1-3H3,(H,18,21). The molecular weight excluding hydrogens is 390 g/mol. The van der Waals surface area contributed by atoms with Gasteiger partial charge in [0.05, 0.1) is 15.9 Å². The lowest BCUT2D eigenvalue weighted by atomic mass is 10.3. The first kappa shape index (κ1) is 20.9. The Morgan fingerprint density at radius 2 is 1.74 bits per heavy atom. The van der Waals surface area contributed by atoms with Crippen LogP contribution in [0, 0.1) is 10.1 Å². The van der Waals surface area contributed by atoms with Crippen molar-refractivity contribution in [3.63, 3.8) is 0 Å². The number of benzene rings is 2. The number of thioether (sulfide) groups is 1. The van der Waals surface area contributed by atoms with E-state index >= 15 is 0 Å². The molecule has 0 aliphatic heterocycles. The van der Waals surface area contributed by atoms with Crippen LogP contribution in [0.1, 0.15) is 6.92 Å². The van der Waals surface area contributed by atoms with Crippen LogP contribution < -0.4 is 5.32 Å². The molecule has 0 bridgehead atoms. The Morgan fingerprint density at radius 1 is 1.15 bits per heavy atom. The minimum absolute atomic E-state index is 0.0101. The Labute approximate surface area is 161 Å². The van der Waals surface area contributed by atoms with E-state index in [0.717, 1.165) is 4.31 Å². The normalized spacial score (nSPS) is 12.6. The molecule has 0 aliphatic carbocycles. The van der Waals surface area contributed by atoms with Crippen molar-refractivity contribution in [2.75, 3.05) is 19.4 Å². The fourth-order valence-corrected chi connectivity index (χ4v) is 4.04. The minimum atomic E-state index is -3.70. The molecule has 0 saturated heterocycles. The second kappa shape index (κ2) is 8.51. The zero-order valence-electron chi connectivity index (χ0n) is 14.9. The number of nitrogens with one attached hydrogen (secondary N) is 1. The van der Waals surface area contributed by atoms with Crippen LogP contribution >= 0.6 is 11.8 Å². The minimum Gasteiger partial charge on any atom is -0.324 e. The molecule has 1 amide bonds. The summed E-state index contributed by atoms with van der Waals surface area (Å²) in [5, 5.41) is 12.8. The summed E-state index contributed by atoms with van der Waals surface area (Å²) in [6.45, 7) is 1.67. The average molecular weight is 409 g/mol. The summed E-state index contributed by atoms with van der Waals surface area (Å²) in [4.78, 5) is 23.4. The highest BCUT2D eigenvalue weighted by Gasteiger charge is 2.23. The third-order valence-corrected chi connectivity index (χ3v) is 6.62. The molecule has 1 atom stereocenters. The van der Waals surface area contributed by atoms with E-state index in [1.54, 1.807) is 31.2 Å². The summed E-state index contributed by atoms with van der Waals surface area (Å²) in [7, 11) is -0.867. The van der Waals surface area contributed by atoms with Gasteiger partial charge in [-0.05, 0) is 31.2 Å². The predicted molar refractivity (Wildman–Crippen MR) is 104 cm³/mol. The number of hydrogen-bond donors (Lipinski definition) is 1. The topological polar surface area (TPSA) is 110 Å². The molecule has 0 radical (unpaired) electrons. The number of sulfonamides is 1. The van der Waals surface area contributed by atoms with E-state index in [-0.39, 0.29) is 22.2 Å². The van der Waals surface area contributed by atoms with Gasteiger partial charge in [0.2, 0.25) is 15.9 Å². The molecule has 0 aromatic heterocycles. The van der Waals surface area contributed by atoms with Gasteiger partial charge in [-0.15, -0.1) is 11.8 Å². The number of rotatable bonds is 7. The SMILES string of the molecule is CC(Sc1ccc([N+](=O)[O-])cc1)C(=O)Nc1ccccc1S(=O)(=O)N(C)C. The summed E-state index contributed by atoms with van der Waals surface area (Å²) in [6, 6.07) is 12.0. The molecule has 1 unspecified atom stereocenters. The fraction of sp³-hybridized carbons (Fsp3) is 0.235. The summed E-state index contributed by atoms with van der Waals surface area (Å²) in [5.74, 6) is -0.375. The zero-order valence-corrected chi connectivity index (χ0v) is 16.6. The molecule has 8 nitrogen and oxygen atoms in total. The van der Waals surface area contributed by atoms with Crippen LogP contribution in [0.3, 0.4) is 0 Å². The Kier molecular flexibility index (Phi) is 6.58. The van der Waals surface area contributed by atoms with Crippen LogP contribution in [-0.4, -0.2) is 42.9 Å².